The first kappa shape index (κ1) is 19.0. The number of thiazole rings is 2. The number of hydrogen-bond acceptors (Lipinski definition) is 5. The van der Waals surface area contributed by atoms with Gasteiger partial charge in [0.25, 0.3) is 0 Å². The Balaban J connectivity index is 1.36. The second kappa shape index (κ2) is 10.4. The summed E-state index contributed by atoms with van der Waals surface area (Å²) in [6.07, 6.45) is 15.2. The Morgan fingerprint density at radius 1 is 0.840 bits per heavy atom. The molecule has 136 valence electrons. The number of thiophene rings is 1. The van der Waals surface area contributed by atoms with E-state index < -0.39 is 0 Å². The minimum absolute atomic E-state index is 1.08. The monoisotopic (exact) mass is 392 g/mol. The highest BCUT2D eigenvalue weighted by Crippen LogP contribution is 2.36. The van der Waals surface area contributed by atoms with E-state index in [9.17, 15) is 0 Å². The van der Waals surface area contributed by atoms with Gasteiger partial charge in [0.1, 0.15) is 5.01 Å². The molecule has 0 aliphatic heterocycles. The fraction of sp³-hybridized carbons (Fsp3) is 0.600. The maximum atomic E-state index is 4.76. The van der Waals surface area contributed by atoms with Crippen molar-refractivity contribution in [1.82, 2.24) is 9.97 Å². The average Bonchev–Trinajstić information content (AvgIpc) is 3.31. The SMILES string of the molecule is CCCCCCCCCCCCc1ccsc1-c1nc2scnc2s1. The Labute approximate surface area is 163 Å². The van der Waals surface area contributed by atoms with Gasteiger partial charge in [-0.2, -0.15) is 0 Å². The van der Waals surface area contributed by atoms with Crippen molar-refractivity contribution in [2.24, 2.45) is 0 Å². The van der Waals surface area contributed by atoms with E-state index in [2.05, 4.69) is 23.4 Å². The van der Waals surface area contributed by atoms with Gasteiger partial charge in [-0.05, 0) is 29.9 Å². The van der Waals surface area contributed by atoms with E-state index in [4.69, 9.17) is 4.98 Å². The van der Waals surface area contributed by atoms with Gasteiger partial charge in [0.05, 0.1) is 10.4 Å². The van der Waals surface area contributed by atoms with Crippen molar-refractivity contribution in [3.8, 4) is 9.88 Å². The molecule has 0 saturated heterocycles. The van der Waals surface area contributed by atoms with Crippen LogP contribution in [0.2, 0.25) is 0 Å². The van der Waals surface area contributed by atoms with Gasteiger partial charge in [0.15, 0.2) is 9.66 Å². The first-order valence-electron chi connectivity index (χ1n) is 9.65. The van der Waals surface area contributed by atoms with Crippen LogP contribution in [0.15, 0.2) is 17.0 Å². The number of rotatable bonds is 12. The molecule has 3 aromatic rings. The van der Waals surface area contributed by atoms with Crippen LogP contribution in [-0.4, -0.2) is 9.97 Å². The maximum absolute atomic E-state index is 4.76. The van der Waals surface area contributed by atoms with E-state index >= 15 is 0 Å². The highest BCUT2D eigenvalue weighted by Gasteiger charge is 2.13. The minimum Gasteiger partial charge on any atom is -0.232 e. The molecule has 0 bridgehead atoms. The van der Waals surface area contributed by atoms with Crippen molar-refractivity contribution in [2.45, 2.75) is 77.6 Å². The third-order valence-corrected chi connectivity index (χ3v) is 7.58. The zero-order chi connectivity index (χ0) is 17.3. The largest absolute Gasteiger partial charge is 0.232 e. The smallest absolute Gasteiger partial charge is 0.155 e. The molecule has 2 nitrogen and oxygen atoms in total. The summed E-state index contributed by atoms with van der Waals surface area (Å²) in [5, 5.41) is 3.37. The summed E-state index contributed by atoms with van der Waals surface area (Å²) < 4.78 is 0. The Kier molecular flexibility index (Phi) is 7.89. The molecule has 3 aromatic heterocycles. The van der Waals surface area contributed by atoms with E-state index in [1.165, 1.54) is 81.1 Å². The van der Waals surface area contributed by atoms with Gasteiger partial charge in [-0.1, -0.05) is 76.0 Å². The van der Waals surface area contributed by atoms with Crippen molar-refractivity contribution in [3.63, 3.8) is 0 Å². The summed E-state index contributed by atoms with van der Waals surface area (Å²) in [6, 6.07) is 2.29. The predicted octanol–water partition coefficient (Wildman–Crippen LogP) is 7.94. The highest BCUT2D eigenvalue weighted by atomic mass is 32.1. The summed E-state index contributed by atoms with van der Waals surface area (Å²) >= 11 is 5.20. The number of nitrogens with zero attached hydrogens (tertiary/aromatic N) is 2. The molecule has 0 aliphatic rings. The zero-order valence-electron chi connectivity index (χ0n) is 15.1. The van der Waals surface area contributed by atoms with Crippen molar-refractivity contribution in [3.05, 3.63) is 22.5 Å². The molecule has 3 heterocycles. The van der Waals surface area contributed by atoms with Crippen LogP contribution < -0.4 is 0 Å². The Hall–Kier alpha value is -0.780. The number of aryl methyl sites for hydroxylation is 1. The Morgan fingerprint density at radius 3 is 2.28 bits per heavy atom. The lowest BCUT2D eigenvalue weighted by molar-refractivity contribution is 0.556. The van der Waals surface area contributed by atoms with Gasteiger partial charge in [-0.15, -0.1) is 22.7 Å². The first-order valence-corrected chi connectivity index (χ1v) is 12.2. The Morgan fingerprint density at radius 2 is 1.56 bits per heavy atom. The normalized spacial score (nSPS) is 11.6. The van der Waals surface area contributed by atoms with Gasteiger partial charge in [0.2, 0.25) is 0 Å². The number of unbranched alkanes of at least 4 members (excludes halogenated alkanes) is 9. The minimum atomic E-state index is 1.08. The lowest BCUT2D eigenvalue weighted by Gasteiger charge is -2.03. The van der Waals surface area contributed by atoms with E-state index in [0.29, 0.717) is 0 Å². The molecule has 0 aliphatic carbocycles. The van der Waals surface area contributed by atoms with Crippen LogP contribution in [0.4, 0.5) is 0 Å². The molecule has 0 radical (unpaired) electrons. The van der Waals surface area contributed by atoms with Gasteiger partial charge in [-0.25, -0.2) is 9.97 Å². The van der Waals surface area contributed by atoms with Crippen molar-refractivity contribution in [2.75, 3.05) is 0 Å². The van der Waals surface area contributed by atoms with E-state index in [-0.39, 0.29) is 0 Å². The summed E-state index contributed by atoms with van der Waals surface area (Å²) in [7, 11) is 0. The van der Waals surface area contributed by atoms with Crippen LogP contribution in [0, 0.1) is 0 Å². The van der Waals surface area contributed by atoms with Crippen LogP contribution in [0.1, 0.15) is 76.7 Å². The topological polar surface area (TPSA) is 25.8 Å². The first-order chi connectivity index (χ1) is 12.4. The summed E-state index contributed by atoms with van der Waals surface area (Å²) in [4.78, 5) is 12.7. The second-order valence-electron chi connectivity index (χ2n) is 6.69. The van der Waals surface area contributed by atoms with Gasteiger partial charge in [-0.3, -0.25) is 0 Å². The van der Waals surface area contributed by atoms with Crippen LogP contribution in [0.5, 0.6) is 0 Å². The molecule has 0 unspecified atom stereocenters. The maximum Gasteiger partial charge on any atom is 0.155 e. The molecule has 0 N–H and O–H groups in total. The molecule has 5 heteroatoms. The predicted molar refractivity (Wildman–Crippen MR) is 114 cm³/mol. The average molecular weight is 393 g/mol. The molecule has 0 spiro atoms. The summed E-state index contributed by atoms with van der Waals surface area (Å²) in [6.45, 7) is 2.28. The van der Waals surface area contributed by atoms with Crippen molar-refractivity contribution < 1.29 is 0 Å². The van der Waals surface area contributed by atoms with Gasteiger partial charge >= 0.3 is 0 Å². The quantitative estimate of drug-likeness (QED) is 0.292. The lowest BCUT2D eigenvalue weighted by Crippen LogP contribution is -1.87. The van der Waals surface area contributed by atoms with Crippen LogP contribution in [0.25, 0.3) is 19.5 Å². The standard InChI is InChI=1S/C20H28N2S3/c1-2-3-4-5-6-7-8-9-10-11-12-16-13-14-23-17(16)18-22-20-19(25-18)21-15-24-20/h13-15H,2-12H2,1H3. The molecule has 0 amide bonds. The van der Waals surface area contributed by atoms with E-state index in [1.54, 1.807) is 22.7 Å². The molecular formula is C20H28N2S3. The molecule has 0 fully saturated rings. The lowest BCUT2D eigenvalue weighted by atomic mass is 10.0. The van der Waals surface area contributed by atoms with Gasteiger partial charge in [0, 0.05) is 0 Å². The van der Waals surface area contributed by atoms with E-state index in [0.717, 1.165) is 14.7 Å². The molecule has 0 saturated carbocycles. The molecule has 25 heavy (non-hydrogen) atoms. The fourth-order valence-electron chi connectivity index (χ4n) is 3.20. The molecule has 0 atom stereocenters. The molecule has 3 rings (SSSR count). The summed E-state index contributed by atoms with van der Waals surface area (Å²) in [5.74, 6) is 0. The number of fused-ring (bicyclic) bond motifs is 1. The zero-order valence-corrected chi connectivity index (χ0v) is 17.6. The van der Waals surface area contributed by atoms with Crippen LogP contribution >= 0.6 is 34.0 Å². The van der Waals surface area contributed by atoms with Crippen LogP contribution in [-0.2, 0) is 6.42 Å². The third kappa shape index (κ3) is 5.60. The second-order valence-corrected chi connectivity index (χ2v) is 9.42. The number of aromatic nitrogens is 2. The molecular weight excluding hydrogens is 364 g/mol. The fourth-order valence-corrected chi connectivity index (χ4v) is 6.04. The third-order valence-electron chi connectivity index (χ3n) is 4.65. The number of hydrogen-bond donors (Lipinski definition) is 0. The highest BCUT2D eigenvalue weighted by molar-refractivity contribution is 7.29. The van der Waals surface area contributed by atoms with Crippen LogP contribution in [0.3, 0.4) is 0 Å². The van der Waals surface area contributed by atoms with Gasteiger partial charge < -0.3 is 0 Å². The van der Waals surface area contributed by atoms with Crippen molar-refractivity contribution in [1.29, 1.82) is 0 Å². The molecule has 0 aromatic carbocycles. The Bertz CT molecular complexity index is 712. The van der Waals surface area contributed by atoms with E-state index in [1.807, 2.05) is 16.8 Å². The summed E-state index contributed by atoms with van der Waals surface area (Å²) in [5.41, 5.74) is 3.36. The van der Waals surface area contributed by atoms with Crippen molar-refractivity contribution >= 4 is 43.7 Å².